The fourth-order valence-corrected chi connectivity index (χ4v) is 8.29. The van der Waals surface area contributed by atoms with E-state index < -0.39 is 95.5 Å². The second-order valence-electron chi connectivity index (χ2n) is 21.0. The minimum absolute atomic E-state index is 0.0579. The Balaban J connectivity index is 0.985. The summed E-state index contributed by atoms with van der Waals surface area (Å²) in [6.45, 7) is 15.3. The van der Waals surface area contributed by atoms with Crippen molar-refractivity contribution in [3.8, 4) is 5.75 Å². The standard InChI is InChI=1S/C54H76N8O15/c1-34(2)45(50(69)75-37-18-23-61-33-36-30-35-14-9-10-15-38(35)58-46(36)42(61)31-37)60-48(67)41-17-13-22-62(41)49(68)40(32-44(64)65)57-43(63)19-24-72-26-28-74-29-27-73-25-21-55-47(66)39(59-52(71)77-54(6,7)8)16-11-12-20-56-51(70)76-53(3,4)5/h9-10,14-15,18,23,30-31,33-34,39-41,45H,11-13,16-17,19-22,24-29,32H2,1-8H3,(H,55,66)(H,56,70)(H,57,63)(H,59,71)(H,60,67)(H,64,65)/t39-,40-,41-,45-/m0/s1. The normalized spacial score (nSPS) is 14.9. The predicted molar refractivity (Wildman–Crippen MR) is 283 cm³/mol. The van der Waals surface area contributed by atoms with Crippen LogP contribution in [0.1, 0.15) is 100 Å². The number of likely N-dealkylation sites (tertiary alicyclic amines) is 1. The number of carboxylic acids is 1. The second-order valence-corrected chi connectivity index (χ2v) is 21.0. The molecular formula is C54H76N8O15. The highest BCUT2D eigenvalue weighted by atomic mass is 16.6. The number of nitrogens with one attached hydrogen (secondary N) is 5. The van der Waals surface area contributed by atoms with Crippen LogP contribution >= 0.6 is 0 Å². The number of esters is 1. The monoisotopic (exact) mass is 1080 g/mol. The Bertz CT molecular complexity index is 2680. The summed E-state index contributed by atoms with van der Waals surface area (Å²) < 4.78 is 34.8. The van der Waals surface area contributed by atoms with Gasteiger partial charge in [-0.1, -0.05) is 32.0 Å². The van der Waals surface area contributed by atoms with Gasteiger partial charge in [0.05, 0.1) is 62.6 Å². The number of alkyl carbamates (subject to hydrolysis) is 2. The van der Waals surface area contributed by atoms with Crippen LogP contribution in [0.5, 0.6) is 5.75 Å². The number of ether oxygens (including phenoxy) is 6. The lowest BCUT2D eigenvalue weighted by molar-refractivity contribution is -0.147. The van der Waals surface area contributed by atoms with E-state index in [4.69, 9.17) is 33.4 Å². The Hall–Kier alpha value is -7.11. The molecule has 23 heteroatoms. The molecule has 0 radical (unpaired) electrons. The van der Waals surface area contributed by atoms with Crippen LogP contribution in [0.15, 0.2) is 54.9 Å². The molecular weight excluding hydrogens is 1000 g/mol. The number of hydrogen-bond acceptors (Lipinski definition) is 15. The van der Waals surface area contributed by atoms with Gasteiger partial charge in [0, 0.05) is 55.3 Å². The number of amides is 6. The van der Waals surface area contributed by atoms with Crippen LogP contribution in [0.2, 0.25) is 0 Å². The highest BCUT2D eigenvalue weighted by Crippen LogP contribution is 2.28. The highest BCUT2D eigenvalue weighted by Gasteiger charge is 2.40. The van der Waals surface area contributed by atoms with Crippen molar-refractivity contribution in [2.75, 3.05) is 59.3 Å². The van der Waals surface area contributed by atoms with Crippen molar-refractivity contribution in [1.82, 2.24) is 40.9 Å². The molecule has 0 aliphatic carbocycles. The van der Waals surface area contributed by atoms with E-state index in [-0.39, 0.29) is 71.3 Å². The van der Waals surface area contributed by atoms with Gasteiger partial charge >= 0.3 is 24.1 Å². The average Bonchev–Trinajstić information content (AvgIpc) is 4.01. The Kier molecular flexibility index (Phi) is 22.8. The molecule has 0 saturated carbocycles. The summed E-state index contributed by atoms with van der Waals surface area (Å²) in [5, 5.41) is 24.8. The Morgan fingerprint density at radius 2 is 1.43 bits per heavy atom. The molecule has 0 spiro atoms. The van der Waals surface area contributed by atoms with E-state index in [0.717, 1.165) is 27.3 Å². The molecule has 0 bridgehead atoms. The van der Waals surface area contributed by atoms with Crippen LogP contribution in [0.4, 0.5) is 9.59 Å². The van der Waals surface area contributed by atoms with Gasteiger partial charge in [0.1, 0.15) is 41.1 Å². The maximum atomic E-state index is 13.8. The number of aromatic nitrogens is 2. The van der Waals surface area contributed by atoms with Crippen molar-refractivity contribution in [3.63, 3.8) is 0 Å². The zero-order valence-corrected chi connectivity index (χ0v) is 45.4. The summed E-state index contributed by atoms with van der Waals surface area (Å²) in [7, 11) is 0. The maximum absolute atomic E-state index is 13.8. The molecule has 1 aliphatic rings. The number of aliphatic carboxylic acids is 1. The molecule has 0 unspecified atom stereocenters. The average molecular weight is 1080 g/mol. The van der Waals surface area contributed by atoms with Crippen molar-refractivity contribution >= 4 is 75.1 Å². The van der Waals surface area contributed by atoms with Crippen molar-refractivity contribution < 1.29 is 71.9 Å². The number of pyridine rings is 2. The molecule has 5 rings (SSSR count). The molecule has 6 amide bonds. The van der Waals surface area contributed by atoms with Crippen molar-refractivity contribution in [2.45, 2.75) is 136 Å². The molecule has 6 N–H and O–H groups in total. The lowest BCUT2D eigenvalue weighted by Gasteiger charge is -2.30. The molecule has 1 aromatic carbocycles. The number of hydrogen-bond donors (Lipinski definition) is 6. The second kappa shape index (κ2) is 28.9. The minimum Gasteiger partial charge on any atom is -0.481 e. The number of nitrogens with zero attached hydrogens (tertiary/aromatic N) is 3. The number of carbonyl (C=O) groups is 8. The molecule has 3 aromatic heterocycles. The number of fused-ring (bicyclic) bond motifs is 4. The van der Waals surface area contributed by atoms with Gasteiger partial charge in [-0.3, -0.25) is 24.0 Å². The Labute approximate surface area is 448 Å². The van der Waals surface area contributed by atoms with Crippen LogP contribution in [-0.2, 0) is 52.5 Å². The van der Waals surface area contributed by atoms with Crippen LogP contribution in [0.3, 0.4) is 0 Å². The molecule has 23 nitrogen and oxygen atoms in total. The van der Waals surface area contributed by atoms with E-state index in [0.29, 0.717) is 32.2 Å². The Morgan fingerprint density at radius 3 is 2.12 bits per heavy atom. The molecule has 422 valence electrons. The van der Waals surface area contributed by atoms with Gasteiger partial charge in [-0.05, 0) is 97.8 Å². The van der Waals surface area contributed by atoms with Gasteiger partial charge < -0.3 is 69.4 Å². The summed E-state index contributed by atoms with van der Waals surface area (Å²) in [6, 6.07) is 8.68. The molecule has 1 aliphatic heterocycles. The van der Waals surface area contributed by atoms with Gasteiger partial charge in [0.2, 0.25) is 23.6 Å². The number of unbranched alkanes of at least 4 members (excludes halogenated alkanes) is 1. The Morgan fingerprint density at radius 1 is 0.753 bits per heavy atom. The molecule has 77 heavy (non-hydrogen) atoms. The van der Waals surface area contributed by atoms with Gasteiger partial charge in [-0.2, -0.15) is 0 Å². The number of benzene rings is 1. The number of rotatable bonds is 28. The summed E-state index contributed by atoms with van der Waals surface area (Å²) in [5.41, 5.74) is 0.884. The van der Waals surface area contributed by atoms with Crippen LogP contribution in [-0.4, -0.2) is 162 Å². The fourth-order valence-electron chi connectivity index (χ4n) is 8.29. The lowest BCUT2D eigenvalue weighted by atomic mass is 10.0. The molecule has 1 saturated heterocycles. The van der Waals surface area contributed by atoms with Gasteiger partial charge in [-0.15, -0.1) is 0 Å². The predicted octanol–water partition coefficient (Wildman–Crippen LogP) is 4.78. The quantitative estimate of drug-likeness (QED) is 0.0329. The molecule has 4 aromatic rings. The molecule has 1 fully saturated rings. The van der Waals surface area contributed by atoms with Crippen molar-refractivity contribution in [1.29, 1.82) is 0 Å². The van der Waals surface area contributed by atoms with E-state index in [1.807, 2.05) is 40.9 Å². The SMILES string of the molecule is CC(C)[C@H](NC(=O)[C@@H]1CCCN1C(=O)[C@H](CC(=O)O)NC(=O)CCOCCOCCOCCNC(=O)[C@H](CCCCNC(=O)OC(C)(C)C)NC(=O)OC(C)(C)C)C(=O)Oc1ccn2cc3cc4ccccc4nc3c2c1. The van der Waals surface area contributed by atoms with E-state index in [2.05, 4.69) is 26.6 Å². The largest absolute Gasteiger partial charge is 0.481 e. The zero-order chi connectivity index (χ0) is 56.3. The maximum Gasteiger partial charge on any atom is 0.408 e. The van der Waals surface area contributed by atoms with E-state index >= 15 is 0 Å². The first kappa shape index (κ1) is 60.8. The topological polar surface area (TPSA) is 293 Å². The third kappa shape index (κ3) is 20.1. The summed E-state index contributed by atoms with van der Waals surface area (Å²) in [6.07, 6.45) is 3.54. The van der Waals surface area contributed by atoms with Gasteiger partial charge in [0.15, 0.2) is 0 Å². The van der Waals surface area contributed by atoms with E-state index in [1.165, 1.54) is 4.90 Å². The fraction of sp³-hybridized carbons (Fsp3) is 0.574. The zero-order valence-electron chi connectivity index (χ0n) is 45.4. The first-order chi connectivity index (χ1) is 36.5. The summed E-state index contributed by atoms with van der Waals surface area (Å²) in [4.78, 5) is 110. The first-order valence-electron chi connectivity index (χ1n) is 26.1. The van der Waals surface area contributed by atoms with Crippen LogP contribution in [0, 0.1) is 5.92 Å². The van der Waals surface area contributed by atoms with Crippen molar-refractivity contribution in [2.24, 2.45) is 5.92 Å². The van der Waals surface area contributed by atoms with Crippen molar-refractivity contribution in [3.05, 3.63) is 54.9 Å². The molecule has 4 heterocycles. The van der Waals surface area contributed by atoms with Crippen LogP contribution in [0.25, 0.3) is 27.3 Å². The number of para-hydroxylation sites is 1. The number of carbonyl (C=O) groups excluding carboxylic acids is 7. The lowest BCUT2D eigenvalue weighted by Crippen LogP contribution is -2.56. The third-order valence-electron chi connectivity index (χ3n) is 11.9. The number of carboxylic acid groups (broad SMARTS) is 1. The third-order valence-corrected chi connectivity index (χ3v) is 11.9. The van der Waals surface area contributed by atoms with Gasteiger partial charge in [0.25, 0.3) is 0 Å². The van der Waals surface area contributed by atoms with Crippen LogP contribution < -0.4 is 31.3 Å². The summed E-state index contributed by atoms with van der Waals surface area (Å²) in [5.74, 6) is -4.62. The smallest absolute Gasteiger partial charge is 0.408 e. The van der Waals surface area contributed by atoms with E-state index in [1.54, 1.807) is 73.7 Å². The van der Waals surface area contributed by atoms with E-state index in [9.17, 15) is 43.5 Å². The first-order valence-corrected chi connectivity index (χ1v) is 26.1. The minimum atomic E-state index is -1.47. The van der Waals surface area contributed by atoms with Gasteiger partial charge in [-0.25, -0.2) is 19.4 Å². The summed E-state index contributed by atoms with van der Waals surface area (Å²) >= 11 is 0. The molecule has 4 atom stereocenters. The highest BCUT2D eigenvalue weighted by molar-refractivity contribution is 6.01.